The molecule has 1 aromatic heterocycles. The molecular weight excluding hydrogens is 1140 g/mol. The fourth-order valence-electron chi connectivity index (χ4n) is 8.49. The van der Waals surface area contributed by atoms with E-state index in [0.717, 1.165) is 78.6 Å². The molecule has 8 rings (SSSR count). The number of carbonyl (C=O) groups excluding carboxylic acids is 2. The number of rotatable bonds is 20. The molecule has 0 aliphatic carbocycles. The van der Waals surface area contributed by atoms with E-state index >= 15 is 0 Å². The zero-order valence-corrected chi connectivity index (χ0v) is 52.5. The van der Waals surface area contributed by atoms with Gasteiger partial charge in [-0.2, -0.15) is 0 Å². The Labute approximate surface area is 505 Å². The minimum Gasteiger partial charge on any atom is -0.493 e. The molecule has 0 atom stereocenters. The molecule has 0 spiro atoms. The van der Waals surface area contributed by atoms with E-state index in [-0.39, 0.29) is 23.9 Å². The maximum absolute atomic E-state index is 13.2. The average molecular weight is 1240 g/mol. The third kappa shape index (κ3) is 27.8. The minimum atomic E-state index is -0.192. The van der Waals surface area contributed by atoms with Gasteiger partial charge in [0.2, 0.25) is 0 Å². The summed E-state index contributed by atoms with van der Waals surface area (Å²) in [6.45, 7) is 24.5. The highest BCUT2D eigenvalue weighted by atomic mass is 127. The van der Waals surface area contributed by atoms with Crippen molar-refractivity contribution in [2.45, 2.75) is 119 Å². The van der Waals surface area contributed by atoms with Crippen molar-refractivity contribution in [1.82, 2.24) is 40.2 Å². The number of imidazole rings is 1. The number of urea groups is 1. The summed E-state index contributed by atoms with van der Waals surface area (Å²) in [5.41, 5.74) is 12.3. The van der Waals surface area contributed by atoms with E-state index in [9.17, 15) is 14.0 Å². The van der Waals surface area contributed by atoms with Crippen molar-refractivity contribution in [1.29, 1.82) is 0 Å². The molecular formula is C66H95FIN9O5. The average Bonchev–Trinajstić information content (AvgIpc) is 4.08. The van der Waals surface area contributed by atoms with Gasteiger partial charge in [0.15, 0.2) is 0 Å². The second-order valence-corrected chi connectivity index (χ2v) is 22.3. The van der Waals surface area contributed by atoms with Crippen molar-refractivity contribution >= 4 is 34.7 Å². The van der Waals surface area contributed by atoms with Gasteiger partial charge in [0.05, 0.1) is 19.8 Å². The van der Waals surface area contributed by atoms with E-state index in [4.69, 9.17) is 21.3 Å². The van der Waals surface area contributed by atoms with Crippen LogP contribution in [-0.4, -0.2) is 113 Å². The van der Waals surface area contributed by atoms with Crippen LogP contribution < -0.4 is 35.9 Å². The first-order valence-corrected chi connectivity index (χ1v) is 30.4. The summed E-state index contributed by atoms with van der Waals surface area (Å²) in [5, 5.41) is 9.48. The van der Waals surface area contributed by atoms with Gasteiger partial charge < -0.3 is 50.6 Å². The van der Waals surface area contributed by atoms with Gasteiger partial charge in [-0.05, 0) is 172 Å². The zero-order valence-electron chi connectivity index (χ0n) is 51.3. The van der Waals surface area contributed by atoms with E-state index < -0.39 is 0 Å². The Hall–Kier alpha value is -6.05. The summed E-state index contributed by atoms with van der Waals surface area (Å²) in [5.74, 6) is 4.05. The molecule has 0 unspecified atom stereocenters. The second-order valence-electron chi connectivity index (χ2n) is 22.3. The van der Waals surface area contributed by atoms with Crippen LogP contribution in [0.15, 0.2) is 140 Å². The van der Waals surface area contributed by atoms with E-state index in [1.54, 1.807) is 12.4 Å². The Morgan fingerprint density at radius 1 is 0.646 bits per heavy atom. The molecule has 448 valence electrons. The van der Waals surface area contributed by atoms with Crippen LogP contribution >= 0.6 is 22.6 Å². The summed E-state index contributed by atoms with van der Waals surface area (Å²) in [7, 11) is 4.31. The van der Waals surface area contributed by atoms with Crippen molar-refractivity contribution < 1.29 is 29.6 Å². The Bertz CT molecular complexity index is 2630. The van der Waals surface area contributed by atoms with Crippen LogP contribution in [0.1, 0.15) is 102 Å². The van der Waals surface area contributed by atoms with E-state index in [1.165, 1.54) is 60.1 Å². The largest absolute Gasteiger partial charge is 0.493 e. The van der Waals surface area contributed by atoms with Gasteiger partial charge in [0, 0.05) is 58.6 Å². The molecule has 0 bridgehead atoms. The van der Waals surface area contributed by atoms with Gasteiger partial charge in [0.1, 0.15) is 29.4 Å². The molecule has 2 aliphatic heterocycles. The number of nitrogens with two attached hydrogens (primary N) is 1. The monoisotopic (exact) mass is 1240 g/mol. The predicted octanol–water partition coefficient (Wildman–Crippen LogP) is 12.8. The smallest absolute Gasteiger partial charge is 0.327 e. The Kier molecular flexibility index (Phi) is 31.5. The van der Waals surface area contributed by atoms with Gasteiger partial charge in [-0.15, -0.1) is 0 Å². The SMILES string of the molecule is CC(C)COc1ccc(CN)cc1.CC(C)COc1ccc(CNC(=O)n2ccnc2)cc1.CN1CCC(NCc2ccc(F)cc2)CC1.Cc1ccc(CN(C(=O)NCc2ccc(OCC(C)C)cc2)C2CCN(C)CC2)cc1.[2H]CI. The van der Waals surface area contributed by atoms with E-state index in [1.807, 2.05) is 112 Å². The fourth-order valence-corrected chi connectivity index (χ4v) is 8.49. The highest BCUT2D eigenvalue weighted by Gasteiger charge is 2.27. The molecule has 2 saturated heterocycles. The molecule has 0 radical (unpaired) electrons. The van der Waals surface area contributed by atoms with E-state index in [2.05, 4.69) is 118 Å². The predicted molar refractivity (Wildman–Crippen MR) is 341 cm³/mol. The van der Waals surface area contributed by atoms with Gasteiger partial charge in [-0.1, -0.05) is 142 Å². The summed E-state index contributed by atoms with van der Waals surface area (Å²) >= 11 is 1.96. The molecule has 0 saturated carbocycles. The molecule has 6 aromatic rings. The highest BCUT2D eigenvalue weighted by Crippen LogP contribution is 2.21. The van der Waals surface area contributed by atoms with Gasteiger partial charge in [-0.3, -0.25) is 4.57 Å². The van der Waals surface area contributed by atoms with Crippen LogP contribution in [0.3, 0.4) is 0 Å². The van der Waals surface area contributed by atoms with Crippen molar-refractivity contribution in [3.8, 4) is 17.2 Å². The molecule has 14 nitrogen and oxygen atoms in total. The van der Waals surface area contributed by atoms with Crippen LogP contribution in [0.2, 0.25) is 0 Å². The summed E-state index contributed by atoms with van der Waals surface area (Å²) in [6, 6.07) is 39.6. The van der Waals surface area contributed by atoms with Crippen LogP contribution in [0.5, 0.6) is 17.2 Å². The molecule has 2 aliphatic rings. The number of likely N-dealkylation sites (tertiary alicyclic amines) is 2. The van der Waals surface area contributed by atoms with Crippen LogP contribution in [0, 0.1) is 30.5 Å². The Balaban J connectivity index is 0.000000246. The molecule has 16 heteroatoms. The first-order valence-electron chi connectivity index (χ1n) is 29.6. The molecule has 5 aromatic carbocycles. The van der Waals surface area contributed by atoms with Crippen molar-refractivity contribution in [2.24, 2.45) is 23.5 Å². The molecule has 82 heavy (non-hydrogen) atoms. The van der Waals surface area contributed by atoms with Gasteiger partial charge >= 0.3 is 12.1 Å². The number of halogens is 2. The lowest BCUT2D eigenvalue weighted by atomic mass is 10.0. The molecule has 3 heterocycles. The number of aromatic nitrogens is 2. The quantitative estimate of drug-likeness (QED) is 0.0429. The normalized spacial score (nSPS) is 13.9. The lowest BCUT2D eigenvalue weighted by molar-refractivity contribution is 0.127. The number of carbonyl (C=O) groups is 2. The lowest BCUT2D eigenvalue weighted by Crippen LogP contribution is -2.49. The van der Waals surface area contributed by atoms with Gasteiger partial charge in [-0.25, -0.2) is 19.0 Å². The number of amides is 3. The van der Waals surface area contributed by atoms with E-state index in [0.29, 0.717) is 68.1 Å². The maximum atomic E-state index is 13.2. The number of piperidine rings is 2. The summed E-state index contributed by atoms with van der Waals surface area (Å²) < 4.78 is 37.2. The second kappa shape index (κ2) is 38.7. The first-order chi connectivity index (χ1) is 39.9. The lowest BCUT2D eigenvalue weighted by Gasteiger charge is -2.37. The standard InChI is InChI=1S/C26H37N3O2.C15H19N3O2.C13H19FN2.C11H17NO.CH3I/c1-20(2)19-31-25-11-9-22(10-12-25)17-27-26(30)29(24-13-15-28(4)16-14-24)18-23-7-5-21(3)6-8-23;1-12(2)10-20-14-5-3-13(4-6-14)9-17-15(19)18-8-7-16-11-18;1-16-8-6-13(7-9-16)15-10-11-2-4-12(14)5-3-11;1-9(2)8-13-11-5-3-10(7-12)4-6-11;1-2/h5-12,20,24H,13-19H2,1-4H3,(H,27,30);3-8,11-12H,9-10H2,1-2H3,(H,17,19);2-5,13,15H,6-10H2,1H3;3-6,9H,7-8,12H2,1-2H3;1H3/i;;;;1D. The Morgan fingerprint density at radius 2 is 1.06 bits per heavy atom. The third-order valence-corrected chi connectivity index (χ3v) is 13.5. The zero-order chi connectivity index (χ0) is 60.4. The third-order valence-electron chi connectivity index (χ3n) is 13.5. The number of nitrogens with zero attached hydrogens (tertiary/aromatic N) is 5. The van der Waals surface area contributed by atoms with Crippen molar-refractivity contribution in [2.75, 3.05) is 65.0 Å². The highest BCUT2D eigenvalue weighted by molar-refractivity contribution is 14.1. The molecule has 5 N–H and O–H groups in total. The topological polar surface area (TPSA) is 151 Å². The molecule has 3 amide bonds. The fraction of sp³-hybridized carbons (Fsp3) is 0.470. The summed E-state index contributed by atoms with van der Waals surface area (Å²) in [6.07, 6.45) is 9.08. The van der Waals surface area contributed by atoms with Crippen LogP contribution in [-0.2, 0) is 32.7 Å². The van der Waals surface area contributed by atoms with Gasteiger partial charge in [0.25, 0.3) is 0 Å². The Morgan fingerprint density at radius 3 is 1.50 bits per heavy atom. The first kappa shape index (κ1) is 66.7. The summed E-state index contributed by atoms with van der Waals surface area (Å²) in [4.78, 5) is 35.9. The number of hydrogen-bond donors (Lipinski definition) is 4. The minimum absolute atomic E-state index is 0.00950. The number of alkyl halides is 1. The number of aryl methyl sites for hydroxylation is 1. The number of ether oxygens (including phenoxy) is 3. The van der Waals surface area contributed by atoms with Crippen LogP contribution in [0.4, 0.5) is 14.0 Å². The number of benzene rings is 5. The maximum Gasteiger partial charge on any atom is 0.327 e. The van der Waals surface area contributed by atoms with Crippen LogP contribution in [0.25, 0.3) is 0 Å². The van der Waals surface area contributed by atoms with Crippen molar-refractivity contribution in [3.63, 3.8) is 0 Å². The van der Waals surface area contributed by atoms with Crippen molar-refractivity contribution in [3.05, 3.63) is 179 Å². The number of hydrogen-bond acceptors (Lipinski definition) is 10. The molecule has 2 fully saturated rings. The number of nitrogens with one attached hydrogen (secondary N) is 3.